The molecule has 0 aliphatic rings. The lowest BCUT2D eigenvalue weighted by Gasteiger charge is -2.15. The molecule has 10 heterocycles. The Morgan fingerprint density at radius 3 is 1.00 bits per heavy atom. The van der Waals surface area contributed by atoms with Crippen molar-refractivity contribution in [2.24, 2.45) is 0 Å². The van der Waals surface area contributed by atoms with E-state index >= 15 is 0 Å². The van der Waals surface area contributed by atoms with Gasteiger partial charge in [0.1, 0.15) is 5.75 Å². The number of hydrogen-bond donors (Lipinski definition) is 6. The Labute approximate surface area is 622 Å². The third kappa shape index (κ3) is 19.9. The van der Waals surface area contributed by atoms with Crippen molar-refractivity contribution >= 4 is 128 Å². The van der Waals surface area contributed by atoms with Gasteiger partial charge >= 0.3 is 0 Å². The highest BCUT2D eigenvalue weighted by Crippen LogP contribution is 2.29. The van der Waals surface area contributed by atoms with Crippen molar-refractivity contribution in [3.63, 3.8) is 0 Å². The lowest BCUT2D eigenvalue weighted by Crippen LogP contribution is -2.09. The Bertz CT molecular complexity index is 6030. The molecule has 0 saturated heterocycles. The van der Waals surface area contributed by atoms with Gasteiger partial charge in [-0.1, -0.05) is 30.3 Å². The minimum absolute atomic E-state index is 0.300. The van der Waals surface area contributed by atoms with Crippen molar-refractivity contribution in [1.29, 1.82) is 0 Å². The number of pyridine rings is 5. The van der Waals surface area contributed by atoms with Crippen LogP contribution in [0.5, 0.6) is 5.75 Å². The molecular weight excluding hydrogens is 1410 g/mol. The van der Waals surface area contributed by atoms with Crippen LogP contribution >= 0.6 is 0 Å². The largest absolute Gasteiger partial charge is 0.497 e. The Balaban J connectivity index is 0.000000133. The predicted molar refractivity (Wildman–Crippen MR) is 426 cm³/mol. The maximum Gasteiger partial charge on any atom is 0.247 e. The first kappa shape index (κ1) is 75.8. The number of anilines is 12. The van der Waals surface area contributed by atoms with Gasteiger partial charge in [-0.15, -0.1) is 25.5 Å². The van der Waals surface area contributed by atoms with Gasteiger partial charge in [0.15, 0.2) is 38.1 Å². The highest BCUT2D eigenvalue weighted by atomic mass is 32.2. The van der Waals surface area contributed by atoms with Crippen molar-refractivity contribution in [3.8, 4) is 5.75 Å². The van der Waals surface area contributed by atoms with Crippen molar-refractivity contribution < 1.29 is 25.8 Å². The Hall–Kier alpha value is -12.4. The summed E-state index contributed by atoms with van der Waals surface area (Å²) in [6.07, 6.45) is 13.6. The summed E-state index contributed by atoms with van der Waals surface area (Å²) in [4.78, 5) is 25.3. The molecule has 0 amide bonds. The van der Waals surface area contributed by atoms with Gasteiger partial charge in [0, 0.05) is 113 Å². The molecule has 0 bridgehead atoms. The summed E-state index contributed by atoms with van der Waals surface area (Å²) in [6, 6.07) is 47.6. The van der Waals surface area contributed by atoms with E-state index in [4.69, 9.17) is 4.74 Å². The van der Waals surface area contributed by atoms with Crippen LogP contribution in [0.25, 0.3) is 28.2 Å². The highest BCUT2D eigenvalue weighted by molar-refractivity contribution is 7.92. The molecule has 0 radical (unpaired) electrons. The summed E-state index contributed by atoms with van der Waals surface area (Å²) >= 11 is 0. The lowest BCUT2D eigenvalue weighted by molar-refractivity contribution is 0.414. The SMILES string of the molecule is COc1ccc(Nc2nc3ccc(C)cn3n2)c(C)c1.Cc1ccc2nc(Nc3ccc(N(C)C)cc3C)nn2c1.Cc1ccc2nc(Nc3ccc(NS(C)(=O)=O)cc3C)nn2c1.Cc1ccc2nc(Nc3ccc(S(C)(=O)=O)cc3C)nn2c1.Cc1ccc2nc(Nc3ccc([S@@](C)=O)cc3C)nn2c1. The van der Waals surface area contributed by atoms with Gasteiger partial charge in [-0.25, -0.2) is 39.4 Å². The predicted octanol–water partition coefficient (Wildman–Crippen LogP) is 14.0. The van der Waals surface area contributed by atoms with Crippen molar-refractivity contribution in [2.45, 2.75) is 79.0 Å². The van der Waals surface area contributed by atoms with E-state index in [9.17, 15) is 21.0 Å². The highest BCUT2D eigenvalue weighted by Gasteiger charge is 2.15. The van der Waals surface area contributed by atoms with Crippen LogP contribution in [-0.4, -0.2) is 134 Å². The number of hydrogen-bond acceptors (Lipinski definition) is 22. The summed E-state index contributed by atoms with van der Waals surface area (Å²) in [5, 5.41) is 38.0. The molecule has 0 unspecified atom stereocenters. The topological polar surface area (TPSA) is 321 Å². The number of ether oxygens (including phenoxy) is 1. The molecule has 5 aromatic carbocycles. The van der Waals surface area contributed by atoms with E-state index in [1.54, 1.807) is 72.3 Å². The second kappa shape index (κ2) is 32.3. The molecule has 0 aliphatic carbocycles. The van der Waals surface area contributed by atoms with Crippen molar-refractivity contribution in [1.82, 2.24) is 73.0 Å². The third-order valence-corrected chi connectivity index (χ3v) is 19.1. The second-order valence-corrected chi connectivity index (χ2v) is 31.2. The van der Waals surface area contributed by atoms with E-state index in [1.165, 1.54) is 11.9 Å². The Morgan fingerprint density at radius 1 is 0.383 bits per heavy atom. The van der Waals surface area contributed by atoms with E-state index in [1.807, 2.05) is 204 Å². The quantitative estimate of drug-likeness (QED) is 0.0523. The minimum Gasteiger partial charge on any atom is -0.497 e. The standard InChI is InChI=1S/C16H19N5.C15H17N5O2S.C15H16N4O2S.C15H16N4OS.C15H16N4O/c1-11-5-8-15-18-16(19-21(15)10-11)17-14-7-6-13(20(3)4)9-12(14)2;1-10-4-7-14-17-15(18-20(14)9-10)16-13-6-5-12(8-11(13)2)19-23(3,21)22;1-10-4-7-14-17-15(18-19(14)9-10)16-13-6-5-12(8-11(13)2)22(3,20)21;1-10-4-7-14-17-15(18-19(14)9-10)16-13-6-5-12(21(3)20)8-11(13)2;1-10-4-7-14-17-15(18-19(14)9-10)16-13-6-5-12(20-3)8-11(13)2/h5-10H,1-4H3,(H,17,19);4-9,19H,1-3H3,(H,16,18);4-9H,1-3H3,(H,16,18);4-9H,1-3H3,(H,16,18);4-9H,1-3H3,(H,16,18)/t;;;21-;/m...1./s1. The molecule has 10 aromatic heterocycles. The number of nitrogens with zero attached hydrogens (tertiary/aromatic N) is 16. The number of rotatable bonds is 16. The number of sulfone groups is 1. The average Bonchev–Trinajstić information content (AvgIpc) is 1.71. The number of fused-ring (bicyclic) bond motifs is 5. The first-order valence-electron chi connectivity index (χ1n) is 33.6. The maximum absolute atomic E-state index is 11.6. The maximum atomic E-state index is 11.6. The smallest absolute Gasteiger partial charge is 0.247 e. The van der Waals surface area contributed by atoms with Gasteiger partial charge < -0.3 is 36.2 Å². The molecule has 0 saturated carbocycles. The monoisotopic (exact) mass is 1500 g/mol. The summed E-state index contributed by atoms with van der Waals surface area (Å²) < 4.78 is 73.5. The molecule has 107 heavy (non-hydrogen) atoms. The summed E-state index contributed by atoms with van der Waals surface area (Å²) in [6.45, 7) is 19.9. The van der Waals surface area contributed by atoms with Gasteiger partial charge in [-0.2, -0.15) is 24.9 Å². The zero-order valence-corrected chi connectivity index (χ0v) is 64.6. The third-order valence-electron chi connectivity index (χ3n) is 16.5. The normalized spacial score (nSPS) is 11.5. The van der Waals surface area contributed by atoms with E-state index in [2.05, 4.69) is 112 Å². The molecular formula is C76H84N22O6S3. The molecule has 31 heteroatoms. The average molecular weight is 1500 g/mol. The van der Waals surface area contributed by atoms with E-state index in [0.29, 0.717) is 40.3 Å². The minimum atomic E-state index is -3.29. The van der Waals surface area contributed by atoms with Gasteiger partial charge in [-0.05, 0) is 246 Å². The lowest BCUT2D eigenvalue weighted by atomic mass is 10.1. The van der Waals surface area contributed by atoms with Crippen LogP contribution < -0.4 is 40.9 Å². The number of aromatic nitrogens is 15. The second-order valence-electron chi connectivity index (χ2n) is 26.0. The van der Waals surface area contributed by atoms with E-state index in [-0.39, 0.29) is 0 Å². The zero-order valence-electron chi connectivity index (χ0n) is 62.2. The Morgan fingerprint density at radius 2 is 0.701 bits per heavy atom. The first-order valence-corrected chi connectivity index (χ1v) is 38.9. The molecule has 15 aromatic rings. The van der Waals surface area contributed by atoms with Gasteiger partial charge in [-0.3, -0.25) is 8.93 Å². The fourth-order valence-corrected chi connectivity index (χ4v) is 12.7. The molecule has 6 N–H and O–H groups in total. The Kier molecular flexibility index (Phi) is 22.9. The van der Waals surface area contributed by atoms with Gasteiger partial charge in [0.05, 0.1) is 18.3 Å². The summed E-state index contributed by atoms with van der Waals surface area (Å²) in [7, 11) is -1.73. The number of methoxy groups -OCH3 is 1. The van der Waals surface area contributed by atoms with Crippen LogP contribution in [0.2, 0.25) is 0 Å². The van der Waals surface area contributed by atoms with Crippen LogP contribution in [0.15, 0.2) is 192 Å². The van der Waals surface area contributed by atoms with E-state index < -0.39 is 30.7 Å². The molecule has 0 fully saturated rings. The van der Waals surface area contributed by atoms with E-state index in [0.717, 1.165) is 129 Å². The number of benzene rings is 5. The van der Waals surface area contributed by atoms with Crippen LogP contribution in [0.1, 0.15) is 55.6 Å². The molecule has 0 spiro atoms. The van der Waals surface area contributed by atoms with Gasteiger partial charge in [0.2, 0.25) is 39.8 Å². The van der Waals surface area contributed by atoms with Crippen LogP contribution in [0, 0.1) is 69.2 Å². The van der Waals surface area contributed by atoms with Crippen LogP contribution in [0.3, 0.4) is 0 Å². The molecule has 15 rings (SSSR count). The first-order chi connectivity index (χ1) is 50.8. The van der Waals surface area contributed by atoms with Gasteiger partial charge in [0.25, 0.3) is 0 Å². The van der Waals surface area contributed by atoms with Crippen LogP contribution in [-0.2, 0) is 30.7 Å². The zero-order chi connectivity index (χ0) is 76.6. The molecule has 1 atom stereocenters. The fourth-order valence-electron chi connectivity index (χ4n) is 10.8. The van der Waals surface area contributed by atoms with Crippen LogP contribution in [0.4, 0.5) is 69.6 Å². The summed E-state index contributed by atoms with van der Waals surface area (Å²) in [5.74, 6) is 3.55. The number of nitrogens with one attached hydrogen (secondary N) is 6. The molecule has 28 nitrogen and oxygen atoms in total. The molecule has 552 valence electrons. The van der Waals surface area contributed by atoms with Crippen molar-refractivity contribution in [2.75, 3.05) is 76.2 Å². The number of sulfonamides is 1. The fraction of sp³-hybridized carbons (Fsp3) is 0.211. The van der Waals surface area contributed by atoms with Crippen molar-refractivity contribution in [3.05, 3.63) is 238 Å². The number of aryl methyl sites for hydroxylation is 10. The summed E-state index contributed by atoms with van der Waals surface area (Å²) in [5.41, 5.74) is 20.8. The molecule has 0 aliphatic heterocycles.